The summed E-state index contributed by atoms with van der Waals surface area (Å²) in [5, 5.41) is 4.14. The third kappa shape index (κ3) is 4.07. The molecule has 0 bridgehead atoms. The minimum Gasteiger partial charge on any atom is -0.497 e. The first-order chi connectivity index (χ1) is 17.4. The van der Waals surface area contributed by atoms with Crippen LogP contribution in [0.5, 0.6) is 11.5 Å². The first-order valence-electron chi connectivity index (χ1n) is 11.8. The summed E-state index contributed by atoms with van der Waals surface area (Å²) >= 11 is 5.92. The highest BCUT2D eigenvalue weighted by Gasteiger charge is 2.43. The largest absolute Gasteiger partial charge is 0.497 e. The molecule has 0 unspecified atom stereocenters. The number of nitrogens with one attached hydrogen (secondary N) is 1. The second kappa shape index (κ2) is 9.62. The van der Waals surface area contributed by atoms with Crippen molar-refractivity contribution in [3.8, 4) is 17.3 Å². The lowest BCUT2D eigenvalue weighted by Crippen LogP contribution is -2.30. The Morgan fingerprint density at radius 1 is 0.917 bits per heavy atom. The number of pyridine rings is 2. The summed E-state index contributed by atoms with van der Waals surface area (Å²) in [7, 11) is 3.30. The number of methoxy groups -OCH3 is 2. The number of hydrogen-bond acceptors (Lipinski definition) is 5. The summed E-state index contributed by atoms with van der Waals surface area (Å²) in [5.41, 5.74) is 6.27. The van der Waals surface area contributed by atoms with E-state index in [1.165, 1.54) is 0 Å². The fourth-order valence-electron chi connectivity index (χ4n) is 5.00. The summed E-state index contributed by atoms with van der Waals surface area (Å²) in [5.74, 6) is 2.29. The highest BCUT2D eigenvalue weighted by Crippen LogP contribution is 2.46. The second-order valence-corrected chi connectivity index (χ2v) is 9.27. The Hall–Kier alpha value is -3.91. The van der Waals surface area contributed by atoms with Crippen molar-refractivity contribution < 1.29 is 9.47 Å². The highest BCUT2D eigenvalue weighted by atomic mass is 32.1. The van der Waals surface area contributed by atoms with E-state index in [1.54, 1.807) is 14.2 Å². The van der Waals surface area contributed by atoms with Crippen LogP contribution in [-0.2, 0) is 0 Å². The zero-order chi connectivity index (χ0) is 25.4. The molecule has 0 saturated carbocycles. The molecular weight excluding hydrogens is 470 g/mol. The summed E-state index contributed by atoms with van der Waals surface area (Å²) < 4.78 is 13.4. The van der Waals surface area contributed by atoms with Gasteiger partial charge in [-0.25, -0.2) is 4.98 Å². The zero-order valence-electron chi connectivity index (χ0n) is 21.0. The molecular formula is C28H29N5O2S. The average molecular weight is 500 g/mol. The molecule has 1 aliphatic heterocycles. The molecule has 2 atom stereocenters. The van der Waals surface area contributed by atoms with E-state index in [0.717, 1.165) is 45.5 Å². The Labute approximate surface area is 216 Å². The molecule has 5 rings (SSSR count). The molecule has 1 saturated heterocycles. The van der Waals surface area contributed by atoms with E-state index in [9.17, 15) is 0 Å². The summed E-state index contributed by atoms with van der Waals surface area (Å²) in [6.07, 6.45) is 3.66. The third-order valence-corrected chi connectivity index (χ3v) is 6.98. The summed E-state index contributed by atoms with van der Waals surface area (Å²) in [6, 6.07) is 17.7. The molecule has 1 N–H and O–H groups in total. The topological polar surface area (TPSA) is 64.4 Å². The van der Waals surface area contributed by atoms with Gasteiger partial charge in [0, 0.05) is 29.8 Å². The van der Waals surface area contributed by atoms with Crippen molar-refractivity contribution >= 4 is 23.0 Å². The van der Waals surface area contributed by atoms with Gasteiger partial charge in [0.05, 0.1) is 37.7 Å². The molecule has 0 radical (unpaired) electrons. The van der Waals surface area contributed by atoms with E-state index in [0.29, 0.717) is 10.9 Å². The predicted octanol–water partition coefficient (Wildman–Crippen LogP) is 5.39. The van der Waals surface area contributed by atoms with Crippen LogP contribution in [0.4, 0.5) is 5.69 Å². The van der Waals surface area contributed by atoms with E-state index in [1.807, 2.05) is 54.9 Å². The molecule has 184 valence electrons. The second-order valence-electron chi connectivity index (χ2n) is 8.89. The van der Waals surface area contributed by atoms with E-state index in [2.05, 4.69) is 57.7 Å². The maximum atomic E-state index is 5.92. The molecule has 8 heteroatoms. The molecule has 3 aromatic heterocycles. The van der Waals surface area contributed by atoms with Gasteiger partial charge >= 0.3 is 0 Å². The van der Waals surface area contributed by atoms with E-state index in [-0.39, 0.29) is 12.1 Å². The summed E-state index contributed by atoms with van der Waals surface area (Å²) in [6.45, 7) is 6.32. The first kappa shape index (κ1) is 23.8. The van der Waals surface area contributed by atoms with Gasteiger partial charge in [0.15, 0.2) is 5.11 Å². The van der Waals surface area contributed by atoms with Gasteiger partial charge in [0.2, 0.25) is 0 Å². The van der Waals surface area contributed by atoms with Crippen molar-refractivity contribution in [2.45, 2.75) is 32.9 Å². The average Bonchev–Trinajstić information content (AvgIpc) is 3.38. The fourth-order valence-corrected chi connectivity index (χ4v) is 5.34. The molecule has 1 aromatic carbocycles. The van der Waals surface area contributed by atoms with E-state index in [4.69, 9.17) is 21.7 Å². The standard InChI is InChI=1S/C28H29N5O2S/c1-17-11-13-30-25(14-17)32-18(2)15-21(19(32)3)27-26(22-8-6-7-12-29-22)31-28(36)33(27)23-10-9-20(34-4)16-24(23)35-5/h6-16,26-27H,1-5H3,(H,31,36)/t26-,27-/m1/s1. The van der Waals surface area contributed by atoms with Gasteiger partial charge < -0.3 is 24.3 Å². The van der Waals surface area contributed by atoms with Gasteiger partial charge in [0.1, 0.15) is 17.3 Å². The lowest BCUT2D eigenvalue weighted by atomic mass is 9.96. The molecule has 4 aromatic rings. The van der Waals surface area contributed by atoms with Crippen molar-refractivity contribution in [2.75, 3.05) is 19.1 Å². The van der Waals surface area contributed by atoms with Crippen LogP contribution in [0.15, 0.2) is 67.0 Å². The molecule has 0 spiro atoms. The molecule has 7 nitrogen and oxygen atoms in total. The quantitative estimate of drug-likeness (QED) is 0.357. The smallest absolute Gasteiger partial charge is 0.174 e. The van der Waals surface area contributed by atoms with E-state index >= 15 is 0 Å². The van der Waals surface area contributed by atoms with Gasteiger partial charge in [-0.05, 0) is 86.6 Å². The monoisotopic (exact) mass is 499 g/mol. The van der Waals surface area contributed by atoms with Crippen LogP contribution >= 0.6 is 12.2 Å². The van der Waals surface area contributed by atoms with Crippen molar-refractivity contribution in [1.29, 1.82) is 0 Å². The number of rotatable bonds is 6. The minimum atomic E-state index is -0.167. The number of aryl methyl sites for hydroxylation is 2. The van der Waals surface area contributed by atoms with Crippen LogP contribution in [-0.4, -0.2) is 33.9 Å². The SMILES string of the molecule is COc1ccc(N2C(=S)N[C@H](c3ccccn3)[C@H]2c2cc(C)n(-c3cc(C)ccn3)c2C)c(OC)c1. The molecule has 0 aliphatic carbocycles. The maximum absolute atomic E-state index is 5.92. The molecule has 4 heterocycles. The van der Waals surface area contributed by atoms with Gasteiger partial charge in [-0.1, -0.05) is 6.07 Å². The fraction of sp³-hybridized carbons (Fsp3) is 0.250. The Kier molecular flexibility index (Phi) is 6.36. The van der Waals surface area contributed by atoms with Crippen molar-refractivity contribution in [2.24, 2.45) is 0 Å². The van der Waals surface area contributed by atoms with Crippen molar-refractivity contribution in [1.82, 2.24) is 19.9 Å². The predicted molar refractivity (Wildman–Crippen MR) is 145 cm³/mol. The van der Waals surface area contributed by atoms with Crippen molar-refractivity contribution in [3.63, 3.8) is 0 Å². The van der Waals surface area contributed by atoms with Crippen molar-refractivity contribution in [3.05, 3.63) is 95.2 Å². The lowest BCUT2D eigenvalue weighted by molar-refractivity contribution is 0.394. The maximum Gasteiger partial charge on any atom is 0.174 e. The van der Waals surface area contributed by atoms with Gasteiger partial charge in [0.25, 0.3) is 0 Å². The number of anilines is 1. The number of thiocarbonyl (C=S) groups is 1. The van der Waals surface area contributed by atoms with Crippen LogP contribution in [0.3, 0.4) is 0 Å². The Morgan fingerprint density at radius 3 is 2.44 bits per heavy atom. The lowest BCUT2D eigenvalue weighted by Gasteiger charge is -2.29. The van der Waals surface area contributed by atoms with E-state index < -0.39 is 0 Å². The van der Waals surface area contributed by atoms with Crippen LogP contribution in [0.25, 0.3) is 5.82 Å². The Bertz CT molecular complexity index is 1420. The summed E-state index contributed by atoms with van der Waals surface area (Å²) in [4.78, 5) is 11.5. The Balaban J connectivity index is 1.70. The third-order valence-electron chi connectivity index (χ3n) is 6.66. The van der Waals surface area contributed by atoms with Crippen LogP contribution in [0.1, 0.15) is 40.3 Å². The normalized spacial score (nSPS) is 17.2. The number of benzene rings is 1. The Morgan fingerprint density at radius 2 is 1.75 bits per heavy atom. The number of hydrogen-bond donors (Lipinski definition) is 1. The van der Waals surface area contributed by atoms with Gasteiger partial charge in [-0.3, -0.25) is 4.98 Å². The van der Waals surface area contributed by atoms with Crippen LogP contribution < -0.4 is 19.7 Å². The molecule has 1 fully saturated rings. The van der Waals surface area contributed by atoms with Gasteiger partial charge in [-0.2, -0.15) is 0 Å². The first-order valence-corrected chi connectivity index (χ1v) is 12.2. The highest BCUT2D eigenvalue weighted by molar-refractivity contribution is 7.80. The van der Waals surface area contributed by atoms with Crippen LogP contribution in [0.2, 0.25) is 0 Å². The molecule has 1 aliphatic rings. The number of nitrogens with zero attached hydrogens (tertiary/aromatic N) is 4. The molecule has 36 heavy (non-hydrogen) atoms. The van der Waals surface area contributed by atoms with Crippen LogP contribution in [0, 0.1) is 20.8 Å². The molecule has 0 amide bonds. The zero-order valence-corrected chi connectivity index (χ0v) is 21.8. The minimum absolute atomic E-state index is 0.162. The van der Waals surface area contributed by atoms with Gasteiger partial charge in [-0.15, -0.1) is 0 Å². The number of aromatic nitrogens is 3. The number of ether oxygens (including phenoxy) is 2.